The fourth-order valence-electron chi connectivity index (χ4n) is 9.46. The standard InChI is InChI=1S/C49H50N4O5/c1-48(2)24-30-52(31-25-48)53(34-14-4-3-5-15-34)45(54)49(50-46(55)57-32-43-39-20-10-6-16-35(39)36-17-7-11-21-40(36)43)26-28-51(29-27-49)47(56)58-33-44-41-22-12-8-18-37(41)38-19-9-13-23-42(38)44/h3-23,43-44H,24-33H2,1-2H3,(H,50,55). The molecule has 2 fully saturated rings. The quantitative estimate of drug-likeness (QED) is 0.169. The van der Waals surface area contributed by atoms with E-state index in [4.69, 9.17) is 9.47 Å². The molecule has 0 radical (unpaired) electrons. The van der Waals surface area contributed by atoms with Gasteiger partial charge in [-0.3, -0.25) is 4.79 Å². The Bertz CT molecular complexity index is 2230. The number of hydrazine groups is 1. The Kier molecular flexibility index (Phi) is 10.0. The van der Waals surface area contributed by atoms with Crippen LogP contribution < -0.4 is 10.3 Å². The number of anilines is 1. The average Bonchev–Trinajstić information content (AvgIpc) is 3.75. The number of benzene rings is 5. The van der Waals surface area contributed by atoms with E-state index < -0.39 is 17.7 Å². The molecule has 3 amide bonds. The van der Waals surface area contributed by atoms with Gasteiger partial charge in [-0.2, -0.15) is 0 Å². The van der Waals surface area contributed by atoms with Crippen LogP contribution in [0, 0.1) is 5.41 Å². The Morgan fingerprint density at radius 3 is 1.50 bits per heavy atom. The SMILES string of the molecule is CC1(C)CCN(N(C(=O)C2(NC(=O)OCC3c4ccccc4-c4ccccc43)CCN(C(=O)OCC3c4ccccc4-c4ccccc43)CC2)c2ccccc2)CC1. The van der Waals surface area contributed by atoms with Crippen LogP contribution in [0.5, 0.6) is 0 Å². The highest BCUT2D eigenvalue weighted by Crippen LogP contribution is 2.46. The van der Waals surface area contributed by atoms with Gasteiger partial charge in [0.15, 0.2) is 0 Å². The molecule has 2 aliphatic heterocycles. The summed E-state index contributed by atoms with van der Waals surface area (Å²) in [5, 5.41) is 6.99. The third-order valence-corrected chi connectivity index (χ3v) is 12.9. The minimum atomic E-state index is -1.34. The van der Waals surface area contributed by atoms with E-state index in [0.717, 1.165) is 51.9 Å². The van der Waals surface area contributed by atoms with Crippen molar-refractivity contribution in [1.29, 1.82) is 0 Å². The van der Waals surface area contributed by atoms with Crippen LogP contribution in [-0.4, -0.2) is 72.9 Å². The third-order valence-electron chi connectivity index (χ3n) is 12.9. The number of carbonyl (C=O) groups excluding carboxylic acids is 3. The first-order valence-electron chi connectivity index (χ1n) is 20.6. The molecule has 2 saturated heterocycles. The summed E-state index contributed by atoms with van der Waals surface area (Å²) in [7, 11) is 0. The van der Waals surface area contributed by atoms with Gasteiger partial charge in [-0.25, -0.2) is 19.6 Å². The van der Waals surface area contributed by atoms with Crippen LogP contribution in [0.4, 0.5) is 15.3 Å². The van der Waals surface area contributed by atoms with Crippen LogP contribution in [0.25, 0.3) is 22.3 Å². The number of piperidine rings is 2. The Labute approximate surface area is 340 Å². The number of hydrogen-bond donors (Lipinski definition) is 1. The molecular formula is C49H50N4O5. The molecule has 0 bridgehead atoms. The lowest BCUT2D eigenvalue weighted by Gasteiger charge is -2.47. The van der Waals surface area contributed by atoms with Crippen LogP contribution >= 0.6 is 0 Å². The average molecular weight is 775 g/mol. The van der Waals surface area contributed by atoms with Gasteiger partial charge in [0, 0.05) is 38.0 Å². The predicted octanol–water partition coefficient (Wildman–Crippen LogP) is 9.38. The van der Waals surface area contributed by atoms with Crippen LogP contribution in [0.3, 0.4) is 0 Å². The molecule has 5 aromatic rings. The molecule has 9 nitrogen and oxygen atoms in total. The van der Waals surface area contributed by atoms with Crippen LogP contribution in [0.2, 0.25) is 0 Å². The summed E-state index contributed by atoms with van der Waals surface area (Å²) in [6, 6.07) is 42.7. The van der Waals surface area contributed by atoms with Gasteiger partial charge in [0.25, 0.3) is 5.91 Å². The van der Waals surface area contributed by atoms with E-state index >= 15 is 4.79 Å². The predicted molar refractivity (Wildman–Crippen MR) is 225 cm³/mol. The summed E-state index contributed by atoms with van der Waals surface area (Å²) in [4.78, 5) is 44.8. The van der Waals surface area contributed by atoms with Crippen molar-refractivity contribution in [3.8, 4) is 22.3 Å². The van der Waals surface area contributed by atoms with E-state index in [1.165, 1.54) is 11.1 Å². The zero-order valence-electron chi connectivity index (χ0n) is 33.2. The van der Waals surface area contributed by atoms with Gasteiger partial charge >= 0.3 is 12.2 Å². The number of ether oxygens (including phenoxy) is 2. The van der Waals surface area contributed by atoms with E-state index in [1.807, 2.05) is 78.9 Å². The lowest BCUT2D eigenvalue weighted by Crippen LogP contribution is -2.67. The smallest absolute Gasteiger partial charge is 0.409 e. The van der Waals surface area contributed by atoms with Crippen molar-refractivity contribution < 1.29 is 23.9 Å². The number of alkyl carbamates (subject to hydrolysis) is 1. The highest BCUT2D eigenvalue weighted by Gasteiger charge is 2.49. The van der Waals surface area contributed by atoms with E-state index in [9.17, 15) is 9.59 Å². The second-order valence-corrected chi connectivity index (χ2v) is 16.9. The number of nitrogens with one attached hydrogen (secondary N) is 1. The first-order valence-corrected chi connectivity index (χ1v) is 20.6. The molecular weight excluding hydrogens is 725 g/mol. The molecule has 0 atom stereocenters. The number of carbonyl (C=O) groups is 3. The summed E-state index contributed by atoms with van der Waals surface area (Å²) >= 11 is 0. The number of fused-ring (bicyclic) bond motifs is 6. The van der Waals surface area contributed by atoms with Crippen molar-refractivity contribution in [1.82, 2.24) is 15.2 Å². The highest BCUT2D eigenvalue weighted by atomic mass is 16.6. The Morgan fingerprint density at radius 2 is 1.02 bits per heavy atom. The summed E-state index contributed by atoms with van der Waals surface area (Å²) in [6.45, 7) is 6.69. The molecule has 0 saturated carbocycles. The number of hydrogen-bond acceptors (Lipinski definition) is 6. The molecule has 58 heavy (non-hydrogen) atoms. The Morgan fingerprint density at radius 1 is 0.586 bits per heavy atom. The largest absolute Gasteiger partial charge is 0.449 e. The van der Waals surface area contributed by atoms with Crippen molar-refractivity contribution >= 4 is 23.8 Å². The molecule has 2 aliphatic carbocycles. The first kappa shape index (κ1) is 37.6. The maximum atomic E-state index is 15.3. The van der Waals surface area contributed by atoms with Gasteiger partial charge in [0.2, 0.25) is 0 Å². The molecule has 9 heteroatoms. The van der Waals surface area contributed by atoms with Gasteiger partial charge in [0.1, 0.15) is 18.8 Å². The number of rotatable bonds is 8. The molecule has 2 heterocycles. The second-order valence-electron chi connectivity index (χ2n) is 16.9. The van der Waals surface area contributed by atoms with Crippen molar-refractivity contribution in [3.63, 3.8) is 0 Å². The van der Waals surface area contributed by atoms with Crippen molar-refractivity contribution in [2.24, 2.45) is 5.41 Å². The lowest BCUT2D eigenvalue weighted by atomic mass is 9.83. The maximum Gasteiger partial charge on any atom is 0.409 e. The van der Waals surface area contributed by atoms with Gasteiger partial charge < -0.3 is 19.7 Å². The zero-order chi connectivity index (χ0) is 39.9. The molecule has 4 aliphatic rings. The maximum absolute atomic E-state index is 15.3. The number of amides is 3. The molecule has 296 valence electrons. The van der Waals surface area contributed by atoms with Gasteiger partial charge in [-0.15, -0.1) is 0 Å². The molecule has 0 aromatic heterocycles. The second kappa shape index (κ2) is 15.4. The fraction of sp³-hybridized carbons (Fsp3) is 0.327. The first-order chi connectivity index (χ1) is 28.2. The minimum absolute atomic E-state index is 0.0639. The minimum Gasteiger partial charge on any atom is -0.449 e. The summed E-state index contributed by atoms with van der Waals surface area (Å²) in [6.07, 6.45) is 1.16. The summed E-state index contributed by atoms with van der Waals surface area (Å²) in [5.41, 5.74) is 8.69. The van der Waals surface area contributed by atoms with Crippen LogP contribution in [0.1, 0.15) is 73.6 Å². The highest BCUT2D eigenvalue weighted by molar-refractivity contribution is 6.01. The summed E-state index contributed by atoms with van der Waals surface area (Å²) in [5.74, 6) is -0.428. The van der Waals surface area contributed by atoms with Crippen molar-refractivity contribution in [2.45, 2.75) is 56.9 Å². The van der Waals surface area contributed by atoms with Crippen molar-refractivity contribution in [2.75, 3.05) is 44.4 Å². The monoisotopic (exact) mass is 774 g/mol. The van der Waals surface area contributed by atoms with Crippen LogP contribution in [-0.2, 0) is 14.3 Å². The normalized spacial score (nSPS) is 18.0. The lowest BCUT2D eigenvalue weighted by molar-refractivity contribution is -0.130. The summed E-state index contributed by atoms with van der Waals surface area (Å²) < 4.78 is 12.1. The van der Waals surface area contributed by atoms with Crippen molar-refractivity contribution in [3.05, 3.63) is 150 Å². The van der Waals surface area contributed by atoms with E-state index in [2.05, 4.69) is 72.7 Å². The zero-order valence-corrected chi connectivity index (χ0v) is 33.2. The van der Waals surface area contributed by atoms with E-state index in [-0.39, 0.29) is 62.3 Å². The number of nitrogens with zero attached hydrogens (tertiary/aromatic N) is 3. The van der Waals surface area contributed by atoms with Crippen LogP contribution in [0.15, 0.2) is 127 Å². The molecule has 5 aromatic carbocycles. The van der Waals surface area contributed by atoms with Gasteiger partial charge in [-0.05, 0) is 87.7 Å². The molecule has 9 rings (SSSR count). The van der Waals surface area contributed by atoms with Gasteiger partial charge in [-0.1, -0.05) is 129 Å². The molecule has 0 unspecified atom stereocenters. The number of likely N-dealkylation sites (tertiary alicyclic amines) is 1. The third kappa shape index (κ3) is 7.02. The van der Waals surface area contributed by atoms with Gasteiger partial charge in [0.05, 0.1) is 5.69 Å². The molecule has 1 N–H and O–H groups in total. The van der Waals surface area contributed by atoms with E-state index in [1.54, 1.807) is 9.91 Å². The Balaban J connectivity index is 0.948. The topological polar surface area (TPSA) is 91.4 Å². The van der Waals surface area contributed by atoms with E-state index in [0.29, 0.717) is 13.1 Å². The molecule has 0 spiro atoms. The fourth-order valence-corrected chi connectivity index (χ4v) is 9.46. The Hall–Kier alpha value is -5.93. The number of para-hydroxylation sites is 1.